The summed E-state index contributed by atoms with van der Waals surface area (Å²) in [5, 5.41) is 12.5. The highest BCUT2D eigenvalue weighted by molar-refractivity contribution is 5.74. The largest absolute Gasteiger partial charge is 0.338 e. The topological polar surface area (TPSA) is 52.9 Å². The zero-order chi connectivity index (χ0) is 13.0. The van der Waals surface area contributed by atoms with Gasteiger partial charge in [-0.05, 0) is 24.8 Å². The van der Waals surface area contributed by atoms with E-state index in [-0.39, 0.29) is 11.8 Å². The average molecular weight is 242 g/mol. The lowest BCUT2D eigenvalue weighted by atomic mass is 9.70. The van der Waals surface area contributed by atoms with Gasteiger partial charge in [0.2, 0.25) is 5.91 Å². The van der Waals surface area contributed by atoms with Crippen molar-refractivity contribution in [1.29, 1.82) is 5.26 Å². The fourth-order valence-electron chi connectivity index (χ4n) is 2.93. The molecule has 1 aromatic rings. The third-order valence-electron chi connectivity index (χ3n) is 3.71. The summed E-state index contributed by atoms with van der Waals surface area (Å²) in [5.74, 6) is -0.0271. The van der Waals surface area contributed by atoms with Crippen LogP contribution >= 0.6 is 0 Å². The summed E-state index contributed by atoms with van der Waals surface area (Å²) < 4.78 is 0. The minimum Gasteiger partial charge on any atom is -0.338 e. The molecule has 1 amide bonds. The van der Waals surface area contributed by atoms with Crippen molar-refractivity contribution >= 4 is 5.91 Å². The van der Waals surface area contributed by atoms with E-state index in [1.54, 1.807) is 0 Å². The zero-order valence-corrected chi connectivity index (χ0v) is 10.6. The van der Waals surface area contributed by atoms with Gasteiger partial charge in [0.05, 0.1) is 6.07 Å². The van der Waals surface area contributed by atoms with Crippen molar-refractivity contribution in [2.24, 2.45) is 0 Å². The van der Waals surface area contributed by atoms with Crippen LogP contribution in [0.25, 0.3) is 0 Å². The van der Waals surface area contributed by atoms with Crippen LogP contribution in [0.2, 0.25) is 0 Å². The Morgan fingerprint density at radius 2 is 2.11 bits per heavy atom. The maximum atomic E-state index is 11.4. The van der Waals surface area contributed by atoms with Gasteiger partial charge in [-0.2, -0.15) is 5.26 Å². The Morgan fingerprint density at radius 1 is 1.39 bits per heavy atom. The van der Waals surface area contributed by atoms with Gasteiger partial charge in [-0.1, -0.05) is 36.8 Å². The lowest BCUT2D eigenvalue weighted by molar-refractivity contribution is -0.120. The van der Waals surface area contributed by atoms with E-state index in [2.05, 4.69) is 11.4 Å². The van der Waals surface area contributed by atoms with Gasteiger partial charge in [-0.15, -0.1) is 0 Å². The number of carbonyl (C=O) groups excluding carboxylic acids is 1. The third kappa shape index (κ3) is 2.38. The predicted octanol–water partition coefficient (Wildman–Crippen LogP) is 2.74. The van der Waals surface area contributed by atoms with Gasteiger partial charge >= 0.3 is 0 Å². The molecule has 3 heteroatoms. The molecule has 18 heavy (non-hydrogen) atoms. The molecule has 0 radical (unpaired) electrons. The van der Waals surface area contributed by atoms with Gasteiger partial charge < -0.3 is 5.32 Å². The SMILES string of the molecule is CC(=O)N[C@]1(C#N)CCCC[C@H]1c1ccccc1. The first-order valence-electron chi connectivity index (χ1n) is 6.43. The van der Waals surface area contributed by atoms with Crippen LogP contribution in [0.1, 0.15) is 44.1 Å². The minimum atomic E-state index is -0.731. The molecular weight excluding hydrogens is 224 g/mol. The lowest BCUT2D eigenvalue weighted by Crippen LogP contribution is -2.52. The van der Waals surface area contributed by atoms with Crippen LogP contribution in [0.5, 0.6) is 0 Å². The van der Waals surface area contributed by atoms with Crippen LogP contribution in [0, 0.1) is 11.3 Å². The number of rotatable bonds is 2. The molecule has 0 aliphatic heterocycles. The number of carbonyl (C=O) groups is 1. The molecule has 3 nitrogen and oxygen atoms in total. The molecule has 1 fully saturated rings. The summed E-state index contributed by atoms with van der Waals surface area (Å²) in [7, 11) is 0. The van der Waals surface area contributed by atoms with Crippen molar-refractivity contribution in [3.8, 4) is 6.07 Å². The van der Waals surface area contributed by atoms with Crippen molar-refractivity contribution in [1.82, 2.24) is 5.32 Å². The molecule has 0 unspecified atom stereocenters. The highest BCUT2D eigenvalue weighted by atomic mass is 16.1. The summed E-state index contributed by atoms with van der Waals surface area (Å²) in [5.41, 5.74) is 0.415. The number of hydrogen-bond acceptors (Lipinski definition) is 2. The van der Waals surface area contributed by atoms with E-state index >= 15 is 0 Å². The van der Waals surface area contributed by atoms with Crippen LogP contribution < -0.4 is 5.32 Å². The van der Waals surface area contributed by atoms with Gasteiger partial charge in [0.1, 0.15) is 5.54 Å². The summed E-state index contributed by atoms with van der Waals surface area (Å²) in [6, 6.07) is 12.4. The number of amides is 1. The van der Waals surface area contributed by atoms with E-state index in [4.69, 9.17) is 0 Å². The fraction of sp³-hybridized carbons (Fsp3) is 0.467. The second-order valence-electron chi connectivity index (χ2n) is 4.97. The Hall–Kier alpha value is -1.82. The van der Waals surface area contributed by atoms with Crippen molar-refractivity contribution in [2.75, 3.05) is 0 Å². The standard InChI is InChI=1S/C15H18N2O/c1-12(18)17-15(11-16)10-6-5-9-14(15)13-7-3-2-4-8-13/h2-4,7-8,14H,5-6,9-10H2,1H3,(H,17,18)/t14-,15-/m0/s1. The van der Waals surface area contributed by atoms with Crippen molar-refractivity contribution in [3.05, 3.63) is 35.9 Å². The molecule has 0 heterocycles. The maximum absolute atomic E-state index is 11.4. The van der Waals surface area contributed by atoms with E-state index in [1.165, 1.54) is 6.92 Å². The van der Waals surface area contributed by atoms with Crippen molar-refractivity contribution < 1.29 is 4.79 Å². The molecule has 94 valence electrons. The number of nitrogens with one attached hydrogen (secondary N) is 1. The minimum absolute atomic E-state index is 0.0985. The normalized spacial score (nSPS) is 27.2. The van der Waals surface area contributed by atoms with Gasteiger partial charge in [0.25, 0.3) is 0 Å². The molecule has 1 aliphatic carbocycles. The quantitative estimate of drug-likeness (QED) is 0.867. The molecule has 2 atom stereocenters. The molecular formula is C15H18N2O. The highest BCUT2D eigenvalue weighted by Gasteiger charge is 2.42. The number of nitriles is 1. The average Bonchev–Trinajstić information content (AvgIpc) is 2.39. The highest BCUT2D eigenvalue weighted by Crippen LogP contribution is 2.40. The molecule has 1 N–H and O–H groups in total. The fourth-order valence-corrected chi connectivity index (χ4v) is 2.93. The molecule has 0 saturated heterocycles. The number of benzene rings is 1. The summed E-state index contributed by atoms with van der Waals surface area (Å²) in [6.45, 7) is 1.48. The Morgan fingerprint density at radius 3 is 2.72 bits per heavy atom. The Balaban J connectivity index is 2.36. The molecule has 2 rings (SSSR count). The van der Waals surface area contributed by atoms with Crippen LogP contribution in [0.3, 0.4) is 0 Å². The number of nitrogens with zero attached hydrogens (tertiary/aromatic N) is 1. The first-order valence-corrected chi connectivity index (χ1v) is 6.43. The molecule has 1 aliphatic rings. The Kier molecular flexibility index (Phi) is 3.66. The van der Waals surface area contributed by atoms with Crippen LogP contribution in [-0.4, -0.2) is 11.4 Å². The zero-order valence-electron chi connectivity index (χ0n) is 10.6. The van der Waals surface area contributed by atoms with Gasteiger partial charge in [-0.25, -0.2) is 0 Å². The van der Waals surface area contributed by atoms with E-state index < -0.39 is 5.54 Å². The van der Waals surface area contributed by atoms with Gasteiger partial charge in [-0.3, -0.25) is 4.79 Å². The molecule has 0 spiro atoms. The summed E-state index contributed by atoms with van der Waals surface area (Å²) in [6.07, 6.45) is 3.81. The smallest absolute Gasteiger partial charge is 0.218 e. The number of hydrogen-bond donors (Lipinski definition) is 1. The van der Waals surface area contributed by atoms with E-state index in [0.29, 0.717) is 0 Å². The van der Waals surface area contributed by atoms with E-state index in [0.717, 1.165) is 31.2 Å². The molecule has 0 aromatic heterocycles. The Bertz CT molecular complexity index is 463. The van der Waals surface area contributed by atoms with Crippen LogP contribution in [0.15, 0.2) is 30.3 Å². The Labute approximate surface area is 108 Å². The first-order chi connectivity index (χ1) is 8.68. The second-order valence-corrected chi connectivity index (χ2v) is 4.97. The van der Waals surface area contributed by atoms with E-state index in [1.807, 2.05) is 30.3 Å². The van der Waals surface area contributed by atoms with Crippen LogP contribution in [0.4, 0.5) is 0 Å². The van der Waals surface area contributed by atoms with Gasteiger partial charge in [0.15, 0.2) is 0 Å². The monoisotopic (exact) mass is 242 g/mol. The van der Waals surface area contributed by atoms with Crippen molar-refractivity contribution in [3.63, 3.8) is 0 Å². The summed E-state index contributed by atoms with van der Waals surface area (Å²) >= 11 is 0. The van der Waals surface area contributed by atoms with Crippen LogP contribution in [-0.2, 0) is 4.79 Å². The second kappa shape index (κ2) is 5.22. The van der Waals surface area contributed by atoms with E-state index in [9.17, 15) is 10.1 Å². The molecule has 0 bridgehead atoms. The first kappa shape index (κ1) is 12.6. The third-order valence-corrected chi connectivity index (χ3v) is 3.71. The predicted molar refractivity (Wildman–Crippen MR) is 69.8 cm³/mol. The van der Waals surface area contributed by atoms with Gasteiger partial charge in [0, 0.05) is 12.8 Å². The molecule has 1 saturated carbocycles. The van der Waals surface area contributed by atoms with Crippen molar-refractivity contribution in [2.45, 2.75) is 44.1 Å². The maximum Gasteiger partial charge on any atom is 0.218 e. The lowest BCUT2D eigenvalue weighted by Gasteiger charge is -2.39. The summed E-state index contributed by atoms with van der Waals surface area (Å²) in [4.78, 5) is 11.4. The molecule has 1 aromatic carbocycles.